The summed E-state index contributed by atoms with van der Waals surface area (Å²) in [5, 5.41) is 3.84. The molecule has 4 rings (SSSR count). The summed E-state index contributed by atoms with van der Waals surface area (Å²) in [6, 6.07) is 22.6. The maximum atomic E-state index is 13.0. The largest absolute Gasteiger partial charge is 0.494 e. The first-order valence-electron chi connectivity index (χ1n) is 10.3. The Bertz CT molecular complexity index is 1310. The maximum absolute atomic E-state index is 13.0. The van der Waals surface area contributed by atoms with Crippen LogP contribution in [0.4, 0.5) is 10.5 Å². The number of hydrogen-bond donors (Lipinski definition) is 3. The van der Waals surface area contributed by atoms with Crippen LogP contribution in [0.5, 0.6) is 5.75 Å². The molecule has 1 aromatic heterocycles. The van der Waals surface area contributed by atoms with E-state index >= 15 is 0 Å². The molecule has 0 aliphatic rings. The lowest BCUT2D eigenvalue weighted by Crippen LogP contribution is -2.44. The lowest BCUT2D eigenvalue weighted by Gasteiger charge is -2.12. The average molecular weight is 461 g/mol. The highest BCUT2D eigenvalue weighted by atomic mass is 35.5. The predicted octanol–water partition coefficient (Wildman–Crippen LogP) is 5.42. The third-order valence-corrected chi connectivity index (χ3v) is 5.05. The van der Waals surface area contributed by atoms with Gasteiger partial charge in [-0.15, -0.1) is 0 Å². The van der Waals surface area contributed by atoms with Gasteiger partial charge in [0.2, 0.25) is 0 Å². The number of para-hydroxylation sites is 1. The van der Waals surface area contributed by atoms with Gasteiger partial charge in [0.15, 0.2) is 0 Å². The fourth-order valence-corrected chi connectivity index (χ4v) is 3.43. The number of fused-ring (bicyclic) bond motifs is 1. The second kappa shape index (κ2) is 10.0. The molecule has 33 heavy (non-hydrogen) atoms. The zero-order valence-electron chi connectivity index (χ0n) is 17.8. The van der Waals surface area contributed by atoms with Gasteiger partial charge in [-0.25, -0.2) is 15.2 Å². The number of nitrogens with zero attached hydrogens (tertiary/aromatic N) is 1. The Morgan fingerprint density at radius 3 is 2.52 bits per heavy atom. The van der Waals surface area contributed by atoms with Gasteiger partial charge in [0.05, 0.1) is 23.4 Å². The Kier molecular flexibility index (Phi) is 6.71. The molecule has 0 fully saturated rings. The van der Waals surface area contributed by atoms with Crippen molar-refractivity contribution in [3.8, 4) is 17.0 Å². The molecule has 0 bridgehead atoms. The van der Waals surface area contributed by atoms with E-state index < -0.39 is 11.9 Å². The van der Waals surface area contributed by atoms with E-state index in [0.29, 0.717) is 39.5 Å². The van der Waals surface area contributed by atoms with Crippen LogP contribution in [-0.2, 0) is 0 Å². The van der Waals surface area contributed by atoms with Gasteiger partial charge in [0.1, 0.15) is 5.75 Å². The summed E-state index contributed by atoms with van der Waals surface area (Å²) < 4.78 is 5.58. The molecule has 0 saturated heterocycles. The number of urea groups is 1. The van der Waals surface area contributed by atoms with Crippen molar-refractivity contribution in [2.45, 2.75) is 6.92 Å². The molecule has 0 unspecified atom stereocenters. The predicted molar refractivity (Wildman–Crippen MR) is 129 cm³/mol. The molecule has 8 heteroatoms. The van der Waals surface area contributed by atoms with Gasteiger partial charge in [-0.05, 0) is 55.5 Å². The third kappa shape index (κ3) is 5.39. The van der Waals surface area contributed by atoms with E-state index in [1.165, 1.54) is 0 Å². The van der Waals surface area contributed by atoms with Crippen LogP contribution in [0.15, 0.2) is 78.9 Å². The highest BCUT2D eigenvalue weighted by Crippen LogP contribution is 2.27. The van der Waals surface area contributed by atoms with Crippen LogP contribution in [0.25, 0.3) is 22.2 Å². The lowest BCUT2D eigenvalue weighted by molar-refractivity contribution is 0.0939. The summed E-state index contributed by atoms with van der Waals surface area (Å²) in [4.78, 5) is 29.9. The molecule has 0 spiro atoms. The number of halogens is 1. The van der Waals surface area contributed by atoms with Gasteiger partial charge in [-0.1, -0.05) is 41.9 Å². The minimum atomic E-state index is -0.589. The molecular weight excluding hydrogens is 440 g/mol. The Hall–Kier alpha value is -4.10. The number of rotatable bonds is 5. The Balaban J connectivity index is 1.57. The van der Waals surface area contributed by atoms with Crippen LogP contribution < -0.4 is 20.9 Å². The molecule has 0 aliphatic carbocycles. The Morgan fingerprint density at radius 1 is 0.939 bits per heavy atom. The first-order valence-corrected chi connectivity index (χ1v) is 10.7. The Labute approximate surface area is 195 Å². The van der Waals surface area contributed by atoms with Gasteiger partial charge in [-0.3, -0.25) is 10.2 Å². The number of aromatic nitrogens is 1. The van der Waals surface area contributed by atoms with Gasteiger partial charge in [-0.2, -0.15) is 0 Å². The molecule has 0 radical (unpaired) electrons. The number of nitrogens with one attached hydrogen (secondary N) is 3. The minimum Gasteiger partial charge on any atom is -0.494 e. The Morgan fingerprint density at radius 2 is 1.73 bits per heavy atom. The number of anilines is 1. The van der Waals surface area contributed by atoms with E-state index in [1.807, 2.05) is 55.5 Å². The molecule has 3 N–H and O–H groups in total. The van der Waals surface area contributed by atoms with Gasteiger partial charge in [0.25, 0.3) is 5.91 Å². The molecule has 0 aliphatic heterocycles. The summed E-state index contributed by atoms with van der Waals surface area (Å²) in [5.41, 5.74) is 7.83. The number of pyridine rings is 1. The van der Waals surface area contributed by atoms with Crippen molar-refractivity contribution in [2.24, 2.45) is 0 Å². The topological polar surface area (TPSA) is 92.4 Å². The summed E-state index contributed by atoms with van der Waals surface area (Å²) in [6.45, 7) is 2.46. The summed E-state index contributed by atoms with van der Waals surface area (Å²) >= 11 is 5.85. The second-order valence-electron chi connectivity index (χ2n) is 7.07. The van der Waals surface area contributed by atoms with Crippen LogP contribution in [0.3, 0.4) is 0 Å². The monoisotopic (exact) mass is 460 g/mol. The number of amides is 3. The molecular formula is C25H21ClN4O3. The van der Waals surface area contributed by atoms with Crippen molar-refractivity contribution < 1.29 is 14.3 Å². The second-order valence-corrected chi connectivity index (χ2v) is 7.51. The molecule has 0 atom stereocenters. The standard InChI is InChI=1S/C25H21ClN4O3/c1-2-33-19-7-5-6-16(14-19)23-15-21(20-8-3-4-9-22(20)28-23)24(31)29-30-25(32)27-18-12-10-17(26)11-13-18/h3-15H,2H2,1H3,(H,29,31)(H2,27,30,32). The van der Waals surface area contributed by atoms with Crippen LogP contribution in [-0.4, -0.2) is 23.5 Å². The number of carbonyl (C=O) groups is 2. The van der Waals surface area contributed by atoms with E-state index in [2.05, 4.69) is 16.2 Å². The molecule has 4 aromatic rings. The number of benzene rings is 3. The van der Waals surface area contributed by atoms with E-state index in [1.54, 1.807) is 30.3 Å². The van der Waals surface area contributed by atoms with Crippen LogP contribution in [0.2, 0.25) is 5.02 Å². The van der Waals surface area contributed by atoms with Gasteiger partial charge in [0, 0.05) is 21.7 Å². The maximum Gasteiger partial charge on any atom is 0.337 e. The first-order chi connectivity index (χ1) is 16.0. The number of carbonyl (C=O) groups excluding carboxylic acids is 2. The van der Waals surface area contributed by atoms with Gasteiger partial charge < -0.3 is 10.1 Å². The zero-order valence-corrected chi connectivity index (χ0v) is 18.5. The minimum absolute atomic E-state index is 0.379. The summed E-state index contributed by atoms with van der Waals surface area (Å²) in [7, 11) is 0. The quantitative estimate of drug-likeness (QED) is 0.347. The summed E-state index contributed by atoms with van der Waals surface area (Å²) in [5.74, 6) is 0.249. The third-order valence-electron chi connectivity index (χ3n) is 4.79. The first kappa shape index (κ1) is 22.1. The van der Waals surface area contributed by atoms with Crippen molar-refractivity contribution in [3.63, 3.8) is 0 Å². The van der Waals surface area contributed by atoms with Crippen LogP contribution >= 0.6 is 11.6 Å². The number of ether oxygens (including phenoxy) is 1. The highest BCUT2D eigenvalue weighted by molar-refractivity contribution is 6.30. The molecule has 0 saturated carbocycles. The lowest BCUT2D eigenvalue weighted by atomic mass is 10.0. The van der Waals surface area contributed by atoms with Crippen molar-refractivity contribution >= 4 is 40.1 Å². The molecule has 3 amide bonds. The van der Waals surface area contributed by atoms with Crippen LogP contribution in [0.1, 0.15) is 17.3 Å². The molecule has 1 heterocycles. The van der Waals surface area contributed by atoms with E-state index in [0.717, 1.165) is 11.3 Å². The van der Waals surface area contributed by atoms with Crippen molar-refractivity contribution in [2.75, 3.05) is 11.9 Å². The molecule has 3 aromatic carbocycles. The highest BCUT2D eigenvalue weighted by Gasteiger charge is 2.15. The van der Waals surface area contributed by atoms with E-state index in [4.69, 9.17) is 21.3 Å². The van der Waals surface area contributed by atoms with E-state index in [9.17, 15) is 9.59 Å². The number of hydrogen-bond acceptors (Lipinski definition) is 4. The summed E-state index contributed by atoms with van der Waals surface area (Å²) in [6.07, 6.45) is 0. The van der Waals surface area contributed by atoms with Crippen molar-refractivity contribution in [1.82, 2.24) is 15.8 Å². The molecule has 166 valence electrons. The molecule has 7 nitrogen and oxygen atoms in total. The smallest absolute Gasteiger partial charge is 0.337 e. The average Bonchev–Trinajstić information content (AvgIpc) is 2.83. The normalized spacial score (nSPS) is 10.5. The fourth-order valence-electron chi connectivity index (χ4n) is 3.30. The van der Waals surface area contributed by atoms with Crippen molar-refractivity contribution in [3.05, 3.63) is 89.4 Å². The van der Waals surface area contributed by atoms with Crippen molar-refractivity contribution in [1.29, 1.82) is 0 Å². The van der Waals surface area contributed by atoms with Gasteiger partial charge >= 0.3 is 6.03 Å². The SMILES string of the molecule is CCOc1cccc(-c2cc(C(=O)NNC(=O)Nc3ccc(Cl)cc3)c3ccccc3n2)c1. The zero-order chi connectivity index (χ0) is 23.2. The number of hydrazine groups is 1. The van der Waals surface area contributed by atoms with E-state index in [-0.39, 0.29) is 0 Å². The fraction of sp³-hybridized carbons (Fsp3) is 0.0800. The van der Waals surface area contributed by atoms with Crippen LogP contribution in [0, 0.1) is 0 Å².